The number of ether oxygens (including phenoxy) is 1. The molecule has 6 heteroatoms. The summed E-state index contributed by atoms with van der Waals surface area (Å²) in [5.74, 6) is -0.0507. The number of aryl methyl sites for hydroxylation is 1. The molecule has 0 bridgehead atoms. The smallest absolute Gasteiger partial charge is 0.279 e. The van der Waals surface area contributed by atoms with Gasteiger partial charge in [-0.1, -0.05) is 30.3 Å². The Morgan fingerprint density at radius 3 is 2.41 bits per heavy atom. The fraction of sp³-hybridized carbons (Fsp3) is 0.333. The second kappa shape index (κ2) is 9.62. The molecular formula is C21H27N3O3. The molecule has 1 atom stereocenters. The lowest BCUT2D eigenvalue weighted by molar-refractivity contribution is -0.132. The van der Waals surface area contributed by atoms with Crippen LogP contribution in [0.15, 0.2) is 48.5 Å². The molecule has 0 aliphatic carbocycles. The molecule has 27 heavy (non-hydrogen) atoms. The van der Waals surface area contributed by atoms with Gasteiger partial charge in [-0.3, -0.25) is 20.4 Å². The predicted octanol–water partition coefficient (Wildman–Crippen LogP) is 2.74. The highest BCUT2D eigenvalue weighted by Crippen LogP contribution is 2.21. The molecule has 2 amide bonds. The second-order valence-corrected chi connectivity index (χ2v) is 6.35. The number of anilines is 1. The van der Waals surface area contributed by atoms with Crippen LogP contribution < -0.4 is 20.5 Å². The van der Waals surface area contributed by atoms with E-state index < -0.39 is 12.0 Å². The van der Waals surface area contributed by atoms with Crippen molar-refractivity contribution in [2.45, 2.75) is 33.8 Å². The van der Waals surface area contributed by atoms with Crippen molar-refractivity contribution < 1.29 is 14.3 Å². The molecule has 0 radical (unpaired) electrons. The summed E-state index contributed by atoms with van der Waals surface area (Å²) in [5.41, 5.74) is 7.91. The van der Waals surface area contributed by atoms with Crippen molar-refractivity contribution in [1.29, 1.82) is 0 Å². The fourth-order valence-corrected chi connectivity index (χ4v) is 2.57. The Kier molecular flexibility index (Phi) is 7.23. The first kappa shape index (κ1) is 20.3. The van der Waals surface area contributed by atoms with Gasteiger partial charge in [0.15, 0.2) is 6.10 Å². The lowest BCUT2D eigenvalue weighted by Gasteiger charge is -2.23. The number of rotatable bonds is 7. The summed E-state index contributed by atoms with van der Waals surface area (Å²) in [4.78, 5) is 26.3. The molecule has 2 aromatic rings. The molecule has 144 valence electrons. The van der Waals surface area contributed by atoms with Gasteiger partial charge in [-0.05, 0) is 57.0 Å². The van der Waals surface area contributed by atoms with Gasteiger partial charge in [-0.15, -0.1) is 0 Å². The third-order valence-electron chi connectivity index (χ3n) is 4.39. The second-order valence-electron chi connectivity index (χ2n) is 6.35. The highest BCUT2D eigenvalue weighted by atomic mass is 16.5. The van der Waals surface area contributed by atoms with Crippen LogP contribution >= 0.6 is 0 Å². The van der Waals surface area contributed by atoms with Crippen LogP contribution in [0.4, 0.5) is 5.69 Å². The van der Waals surface area contributed by atoms with Crippen LogP contribution in [0, 0.1) is 13.8 Å². The minimum Gasteiger partial charge on any atom is -0.481 e. The predicted molar refractivity (Wildman–Crippen MR) is 107 cm³/mol. The molecule has 0 fully saturated rings. The lowest BCUT2D eigenvalue weighted by atomic mass is 10.1. The van der Waals surface area contributed by atoms with E-state index in [4.69, 9.17) is 4.74 Å². The number of carbonyl (C=O) groups excluding carboxylic acids is 2. The number of hydrogen-bond acceptors (Lipinski definition) is 4. The van der Waals surface area contributed by atoms with Crippen molar-refractivity contribution in [3.05, 3.63) is 59.7 Å². The summed E-state index contributed by atoms with van der Waals surface area (Å²) in [6.45, 7) is 8.37. The molecule has 0 saturated carbocycles. The maximum Gasteiger partial charge on any atom is 0.279 e. The average molecular weight is 369 g/mol. The van der Waals surface area contributed by atoms with Gasteiger partial charge < -0.3 is 9.64 Å². The fourth-order valence-electron chi connectivity index (χ4n) is 2.57. The Bertz CT molecular complexity index is 777. The molecular weight excluding hydrogens is 342 g/mol. The molecule has 2 aromatic carbocycles. The Morgan fingerprint density at radius 1 is 1.04 bits per heavy atom. The topological polar surface area (TPSA) is 70.7 Å². The number of likely N-dealkylation sites (N-methyl/N-ethyl adjacent to an activating group) is 1. The highest BCUT2D eigenvalue weighted by Gasteiger charge is 2.17. The first-order valence-corrected chi connectivity index (χ1v) is 9.04. The van der Waals surface area contributed by atoms with Gasteiger partial charge in [0, 0.05) is 12.2 Å². The summed E-state index contributed by atoms with van der Waals surface area (Å²) in [6, 6.07) is 15.3. The van der Waals surface area contributed by atoms with Gasteiger partial charge in [0.25, 0.3) is 11.8 Å². The Morgan fingerprint density at radius 2 is 1.74 bits per heavy atom. The van der Waals surface area contributed by atoms with Crippen molar-refractivity contribution in [2.24, 2.45) is 0 Å². The monoisotopic (exact) mass is 369 g/mol. The van der Waals surface area contributed by atoms with E-state index in [2.05, 4.69) is 10.9 Å². The van der Waals surface area contributed by atoms with Crippen LogP contribution in [-0.2, 0) is 9.59 Å². The Balaban J connectivity index is 1.85. The van der Waals surface area contributed by atoms with Crippen molar-refractivity contribution in [3.8, 4) is 5.75 Å². The van der Waals surface area contributed by atoms with E-state index in [9.17, 15) is 9.59 Å². The summed E-state index contributed by atoms with van der Waals surface area (Å²) in [7, 11) is 0. The largest absolute Gasteiger partial charge is 0.481 e. The van der Waals surface area contributed by atoms with E-state index in [1.807, 2.05) is 74.2 Å². The third-order valence-corrected chi connectivity index (χ3v) is 4.39. The standard InChI is InChI=1S/C21H27N3O3/c1-5-24(18-11-7-6-8-12-18)14-20(25)22-23-21(26)17(4)27-19-13-9-10-15(2)16(19)3/h6-13,17H,5,14H2,1-4H3,(H,22,25)(H,23,26). The summed E-state index contributed by atoms with van der Waals surface area (Å²) in [6.07, 6.45) is -0.734. The zero-order chi connectivity index (χ0) is 19.8. The summed E-state index contributed by atoms with van der Waals surface area (Å²) >= 11 is 0. The number of nitrogens with zero attached hydrogens (tertiary/aromatic N) is 1. The van der Waals surface area contributed by atoms with Crippen LogP contribution in [0.5, 0.6) is 5.75 Å². The molecule has 2 N–H and O–H groups in total. The first-order valence-electron chi connectivity index (χ1n) is 9.04. The average Bonchev–Trinajstić information content (AvgIpc) is 2.68. The Labute approximate surface area is 160 Å². The molecule has 0 aliphatic rings. The minimum atomic E-state index is -0.734. The van der Waals surface area contributed by atoms with Gasteiger partial charge in [0.05, 0.1) is 6.54 Å². The van der Waals surface area contributed by atoms with Crippen molar-refractivity contribution >= 4 is 17.5 Å². The van der Waals surface area contributed by atoms with Gasteiger partial charge in [0.2, 0.25) is 0 Å². The van der Waals surface area contributed by atoms with Crippen LogP contribution in [0.2, 0.25) is 0 Å². The van der Waals surface area contributed by atoms with Crippen molar-refractivity contribution in [3.63, 3.8) is 0 Å². The maximum atomic E-state index is 12.2. The molecule has 0 aromatic heterocycles. The molecule has 0 saturated heterocycles. The number of nitrogens with one attached hydrogen (secondary N) is 2. The zero-order valence-corrected chi connectivity index (χ0v) is 16.3. The van der Waals surface area contributed by atoms with E-state index in [-0.39, 0.29) is 12.5 Å². The molecule has 0 heterocycles. The number of hydrogen-bond donors (Lipinski definition) is 2. The Hall–Kier alpha value is -3.02. The highest BCUT2D eigenvalue weighted by molar-refractivity contribution is 5.86. The zero-order valence-electron chi connectivity index (χ0n) is 16.3. The number of carbonyl (C=O) groups is 2. The number of benzene rings is 2. The molecule has 2 rings (SSSR count). The quantitative estimate of drug-likeness (QED) is 0.736. The van der Waals surface area contributed by atoms with Gasteiger partial charge in [-0.2, -0.15) is 0 Å². The molecule has 0 spiro atoms. The summed E-state index contributed by atoms with van der Waals surface area (Å²) in [5, 5.41) is 0. The van der Waals surface area contributed by atoms with Gasteiger partial charge in [-0.25, -0.2) is 0 Å². The van der Waals surface area contributed by atoms with Crippen LogP contribution in [-0.4, -0.2) is 31.0 Å². The van der Waals surface area contributed by atoms with Crippen LogP contribution in [0.1, 0.15) is 25.0 Å². The number of para-hydroxylation sites is 1. The SMILES string of the molecule is CCN(CC(=O)NNC(=O)C(C)Oc1cccc(C)c1C)c1ccccc1. The van der Waals surface area contributed by atoms with Crippen LogP contribution in [0.3, 0.4) is 0 Å². The third kappa shape index (κ3) is 5.74. The lowest BCUT2D eigenvalue weighted by Crippen LogP contribution is -2.50. The van der Waals surface area contributed by atoms with Gasteiger partial charge >= 0.3 is 0 Å². The van der Waals surface area contributed by atoms with Crippen molar-refractivity contribution in [2.75, 3.05) is 18.0 Å². The molecule has 1 unspecified atom stereocenters. The van der Waals surface area contributed by atoms with E-state index in [1.165, 1.54) is 0 Å². The molecule has 0 aliphatic heterocycles. The minimum absolute atomic E-state index is 0.146. The van der Waals surface area contributed by atoms with E-state index in [0.29, 0.717) is 12.3 Å². The van der Waals surface area contributed by atoms with Gasteiger partial charge in [0.1, 0.15) is 5.75 Å². The van der Waals surface area contributed by atoms with E-state index >= 15 is 0 Å². The van der Waals surface area contributed by atoms with E-state index in [0.717, 1.165) is 16.8 Å². The first-order chi connectivity index (χ1) is 12.9. The maximum absolute atomic E-state index is 12.2. The molecule has 6 nitrogen and oxygen atoms in total. The number of amides is 2. The van der Waals surface area contributed by atoms with E-state index in [1.54, 1.807) is 6.92 Å². The van der Waals surface area contributed by atoms with Crippen molar-refractivity contribution in [1.82, 2.24) is 10.9 Å². The number of hydrazine groups is 1. The summed E-state index contributed by atoms with van der Waals surface area (Å²) < 4.78 is 5.72. The van der Waals surface area contributed by atoms with Crippen LogP contribution in [0.25, 0.3) is 0 Å². The normalized spacial score (nSPS) is 11.4.